The first-order chi connectivity index (χ1) is 16.0. The molecule has 0 radical (unpaired) electrons. The number of aromatic nitrogens is 2. The molecule has 1 fully saturated rings. The number of benzene rings is 1. The van der Waals surface area contributed by atoms with E-state index >= 15 is 0 Å². The Kier molecular flexibility index (Phi) is 6.92. The number of rotatable bonds is 4. The van der Waals surface area contributed by atoms with Gasteiger partial charge in [0.15, 0.2) is 0 Å². The molecule has 180 valence electrons. The Hall–Kier alpha value is -2.58. The summed E-state index contributed by atoms with van der Waals surface area (Å²) in [7, 11) is 0. The number of carbonyl (C=O) groups excluding carboxylic acids is 1. The summed E-state index contributed by atoms with van der Waals surface area (Å²) in [6.07, 6.45) is -1.86. The van der Waals surface area contributed by atoms with Crippen molar-refractivity contribution in [2.75, 3.05) is 5.32 Å². The SMILES string of the molecule is Cc1cc(C)c(C(=O)NC2CCC(Nc3cc(C(F)(F)F)nc4ccc(Cl)cc34)CC2)c(Cl)n1. The van der Waals surface area contributed by atoms with Gasteiger partial charge in [-0.05, 0) is 75.4 Å². The van der Waals surface area contributed by atoms with E-state index < -0.39 is 11.9 Å². The van der Waals surface area contributed by atoms with Gasteiger partial charge in [-0.15, -0.1) is 0 Å². The van der Waals surface area contributed by atoms with Gasteiger partial charge in [0.2, 0.25) is 0 Å². The highest BCUT2D eigenvalue weighted by Crippen LogP contribution is 2.35. The Morgan fingerprint density at radius 2 is 1.68 bits per heavy atom. The fourth-order valence-electron chi connectivity index (χ4n) is 4.39. The first-order valence-electron chi connectivity index (χ1n) is 10.9. The van der Waals surface area contributed by atoms with Crippen LogP contribution in [0, 0.1) is 13.8 Å². The Balaban J connectivity index is 1.45. The third kappa shape index (κ3) is 5.39. The molecule has 34 heavy (non-hydrogen) atoms. The molecule has 1 aromatic carbocycles. The predicted molar refractivity (Wildman–Crippen MR) is 128 cm³/mol. The molecule has 0 bridgehead atoms. The second-order valence-corrected chi connectivity index (χ2v) is 9.42. The number of alkyl halides is 3. The summed E-state index contributed by atoms with van der Waals surface area (Å²) >= 11 is 12.3. The summed E-state index contributed by atoms with van der Waals surface area (Å²) in [5.74, 6) is -0.268. The van der Waals surface area contributed by atoms with Gasteiger partial charge in [0.1, 0.15) is 10.8 Å². The van der Waals surface area contributed by atoms with Crippen LogP contribution in [0.2, 0.25) is 10.2 Å². The second-order valence-electron chi connectivity index (χ2n) is 8.63. The number of anilines is 1. The van der Waals surface area contributed by atoms with Crippen LogP contribution in [-0.4, -0.2) is 28.0 Å². The molecule has 0 aliphatic heterocycles. The smallest absolute Gasteiger partial charge is 0.382 e. The highest BCUT2D eigenvalue weighted by atomic mass is 35.5. The van der Waals surface area contributed by atoms with Crippen LogP contribution in [0.3, 0.4) is 0 Å². The molecule has 2 aromatic heterocycles. The summed E-state index contributed by atoms with van der Waals surface area (Å²) in [4.78, 5) is 20.7. The minimum Gasteiger partial charge on any atom is -0.382 e. The van der Waals surface area contributed by atoms with Crippen molar-refractivity contribution in [1.82, 2.24) is 15.3 Å². The van der Waals surface area contributed by atoms with Crippen molar-refractivity contribution in [3.63, 3.8) is 0 Å². The van der Waals surface area contributed by atoms with E-state index in [4.69, 9.17) is 23.2 Å². The van der Waals surface area contributed by atoms with Gasteiger partial charge in [0, 0.05) is 33.9 Å². The number of carbonyl (C=O) groups is 1. The zero-order chi connectivity index (χ0) is 24.6. The topological polar surface area (TPSA) is 66.9 Å². The summed E-state index contributed by atoms with van der Waals surface area (Å²) < 4.78 is 40.1. The van der Waals surface area contributed by atoms with Crippen molar-refractivity contribution in [2.24, 2.45) is 0 Å². The number of aryl methyl sites for hydroxylation is 2. The van der Waals surface area contributed by atoms with Crippen molar-refractivity contribution in [3.8, 4) is 0 Å². The van der Waals surface area contributed by atoms with E-state index in [1.807, 2.05) is 19.9 Å². The fraction of sp³-hybridized carbons (Fsp3) is 0.375. The van der Waals surface area contributed by atoms with Crippen LogP contribution in [-0.2, 0) is 6.18 Å². The third-order valence-corrected chi connectivity index (χ3v) is 6.52. The van der Waals surface area contributed by atoms with E-state index in [-0.39, 0.29) is 28.7 Å². The zero-order valence-corrected chi connectivity index (χ0v) is 20.1. The van der Waals surface area contributed by atoms with E-state index in [9.17, 15) is 18.0 Å². The summed E-state index contributed by atoms with van der Waals surface area (Å²) in [6.45, 7) is 3.63. The highest BCUT2D eigenvalue weighted by molar-refractivity contribution is 6.33. The molecule has 5 nitrogen and oxygen atoms in total. The molecule has 0 spiro atoms. The molecule has 3 aromatic rings. The van der Waals surface area contributed by atoms with Gasteiger partial charge < -0.3 is 10.6 Å². The Labute approximate surface area is 205 Å². The molecule has 1 aliphatic rings. The number of nitrogens with one attached hydrogen (secondary N) is 2. The Bertz CT molecular complexity index is 1220. The molecule has 2 N–H and O–H groups in total. The minimum atomic E-state index is -4.56. The van der Waals surface area contributed by atoms with Crippen molar-refractivity contribution in [2.45, 2.75) is 57.8 Å². The van der Waals surface area contributed by atoms with Crippen LogP contribution in [0.5, 0.6) is 0 Å². The highest BCUT2D eigenvalue weighted by Gasteiger charge is 2.34. The maximum atomic E-state index is 13.4. The molecule has 0 saturated heterocycles. The van der Waals surface area contributed by atoms with Crippen LogP contribution in [0.25, 0.3) is 10.9 Å². The van der Waals surface area contributed by atoms with Crippen molar-refractivity contribution in [1.29, 1.82) is 0 Å². The first kappa shape index (κ1) is 24.5. The number of halogens is 5. The normalized spacial score (nSPS) is 18.7. The average Bonchev–Trinajstić information content (AvgIpc) is 2.74. The van der Waals surface area contributed by atoms with Gasteiger partial charge in [-0.1, -0.05) is 23.2 Å². The minimum absolute atomic E-state index is 0.0508. The van der Waals surface area contributed by atoms with Gasteiger partial charge in [-0.2, -0.15) is 13.2 Å². The maximum absolute atomic E-state index is 13.4. The lowest BCUT2D eigenvalue weighted by atomic mass is 9.90. The molecule has 1 aliphatic carbocycles. The van der Waals surface area contributed by atoms with Gasteiger partial charge in [-0.3, -0.25) is 4.79 Å². The number of fused-ring (bicyclic) bond motifs is 1. The largest absolute Gasteiger partial charge is 0.433 e. The number of amides is 1. The Morgan fingerprint density at radius 1 is 1.00 bits per heavy atom. The van der Waals surface area contributed by atoms with Gasteiger partial charge in [-0.25, -0.2) is 9.97 Å². The van der Waals surface area contributed by atoms with Crippen molar-refractivity contribution < 1.29 is 18.0 Å². The lowest BCUT2D eigenvalue weighted by Gasteiger charge is -2.31. The average molecular weight is 511 g/mol. The number of nitrogens with zero attached hydrogens (tertiary/aromatic N) is 2. The molecule has 0 atom stereocenters. The molecule has 10 heteroatoms. The molecule has 0 unspecified atom stereocenters. The summed E-state index contributed by atoms with van der Waals surface area (Å²) in [5, 5.41) is 7.40. The molecule has 1 saturated carbocycles. The molecule has 1 amide bonds. The van der Waals surface area contributed by atoms with Gasteiger partial charge in [0.25, 0.3) is 5.91 Å². The Morgan fingerprint density at radius 3 is 2.32 bits per heavy atom. The van der Waals surface area contributed by atoms with Gasteiger partial charge >= 0.3 is 6.18 Å². The number of hydrogen-bond donors (Lipinski definition) is 2. The fourth-order valence-corrected chi connectivity index (χ4v) is 4.93. The van der Waals surface area contributed by atoms with Crippen LogP contribution >= 0.6 is 23.2 Å². The molecular formula is C24H23Cl2F3N4O. The molecule has 4 rings (SSSR count). The number of hydrogen-bond acceptors (Lipinski definition) is 4. The molecule has 2 heterocycles. The first-order valence-corrected chi connectivity index (χ1v) is 11.7. The van der Waals surface area contributed by atoms with Gasteiger partial charge in [0.05, 0.1) is 11.1 Å². The lowest BCUT2D eigenvalue weighted by Crippen LogP contribution is -2.40. The van der Waals surface area contributed by atoms with Crippen LogP contribution in [0.15, 0.2) is 30.3 Å². The summed E-state index contributed by atoms with van der Waals surface area (Å²) in [6, 6.07) is 7.34. The predicted octanol–water partition coefficient (Wildman–Crippen LogP) is 6.73. The van der Waals surface area contributed by atoms with Crippen LogP contribution in [0.4, 0.5) is 18.9 Å². The second kappa shape index (κ2) is 9.58. The molecular weight excluding hydrogens is 488 g/mol. The van der Waals surface area contributed by atoms with E-state index in [0.717, 1.165) is 17.3 Å². The number of pyridine rings is 2. The lowest BCUT2D eigenvalue weighted by molar-refractivity contribution is -0.140. The van der Waals surface area contributed by atoms with Crippen LogP contribution in [0.1, 0.15) is 53.0 Å². The van der Waals surface area contributed by atoms with E-state index in [2.05, 4.69) is 20.6 Å². The quantitative estimate of drug-likeness (QED) is 0.382. The van der Waals surface area contributed by atoms with E-state index in [0.29, 0.717) is 47.3 Å². The zero-order valence-electron chi connectivity index (χ0n) is 18.6. The van der Waals surface area contributed by atoms with Crippen LogP contribution < -0.4 is 10.6 Å². The maximum Gasteiger partial charge on any atom is 0.433 e. The summed E-state index contributed by atoms with van der Waals surface area (Å²) in [5.41, 5.74) is 1.48. The van der Waals surface area contributed by atoms with Crippen molar-refractivity contribution >= 4 is 45.7 Å². The van der Waals surface area contributed by atoms with E-state index in [1.165, 1.54) is 12.1 Å². The standard InChI is InChI=1S/C24H23Cl2F3N4O/c1-12-9-13(2)30-22(26)21(12)23(34)32-16-6-4-15(5-7-16)31-19-11-20(24(27,28)29)33-18-8-3-14(25)10-17(18)19/h3,8-11,15-16H,4-7H2,1-2H3,(H,31,33)(H,32,34). The van der Waals surface area contributed by atoms with Crippen molar-refractivity contribution in [3.05, 3.63) is 63.0 Å². The van der Waals surface area contributed by atoms with E-state index in [1.54, 1.807) is 6.07 Å². The monoisotopic (exact) mass is 510 g/mol. The third-order valence-electron chi connectivity index (χ3n) is 6.01.